The third-order valence-electron chi connectivity index (χ3n) is 4.17. The molecular formula is C21H21N3O4. The Labute approximate surface area is 162 Å². The molecule has 0 fully saturated rings. The summed E-state index contributed by atoms with van der Waals surface area (Å²) in [4.78, 5) is 6.68. The molecule has 0 atom stereocenters. The SMILES string of the molecule is CCOc1ccccc1-c1noc(CN(Cc2ccco2)Cc2ccco2)n1. The summed E-state index contributed by atoms with van der Waals surface area (Å²) in [6, 6.07) is 15.3. The topological polar surface area (TPSA) is 77.7 Å². The highest BCUT2D eigenvalue weighted by Gasteiger charge is 2.17. The van der Waals surface area contributed by atoms with Gasteiger partial charge in [0.05, 0.1) is 44.3 Å². The predicted molar refractivity (Wildman–Crippen MR) is 101 cm³/mol. The summed E-state index contributed by atoms with van der Waals surface area (Å²) in [5, 5.41) is 4.14. The first-order valence-corrected chi connectivity index (χ1v) is 9.13. The molecule has 0 aliphatic heterocycles. The molecule has 0 bridgehead atoms. The van der Waals surface area contributed by atoms with Crippen LogP contribution in [-0.2, 0) is 19.6 Å². The van der Waals surface area contributed by atoms with Gasteiger partial charge < -0.3 is 18.1 Å². The highest BCUT2D eigenvalue weighted by Crippen LogP contribution is 2.28. The van der Waals surface area contributed by atoms with Crippen LogP contribution >= 0.6 is 0 Å². The molecular weight excluding hydrogens is 358 g/mol. The number of para-hydroxylation sites is 1. The number of aromatic nitrogens is 2. The second-order valence-corrected chi connectivity index (χ2v) is 6.24. The minimum absolute atomic E-state index is 0.463. The van der Waals surface area contributed by atoms with Crippen molar-refractivity contribution < 1.29 is 18.1 Å². The van der Waals surface area contributed by atoms with E-state index >= 15 is 0 Å². The highest BCUT2D eigenvalue weighted by atomic mass is 16.5. The normalized spacial score (nSPS) is 11.2. The maximum atomic E-state index is 5.67. The van der Waals surface area contributed by atoms with Crippen LogP contribution in [0.25, 0.3) is 11.4 Å². The minimum Gasteiger partial charge on any atom is -0.493 e. The molecule has 0 spiro atoms. The lowest BCUT2D eigenvalue weighted by molar-refractivity contribution is 0.183. The predicted octanol–water partition coefficient (Wildman–Crippen LogP) is 4.52. The number of nitrogens with zero attached hydrogens (tertiary/aromatic N) is 3. The molecule has 28 heavy (non-hydrogen) atoms. The van der Waals surface area contributed by atoms with Crippen LogP contribution in [0.1, 0.15) is 24.3 Å². The summed E-state index contributed by atoms with van der Waals surface area (Å²) >= 11 is 0. The van der Waals surface area contributed by atoms with Gasteiger partial charge in [0.1, 0.15) is 17.3 Å². The van der Waals surface area contributed by atoms with Crippen LogP contribution in [-0.4, -0.2) is 21.6 Å². The van der Waals surface area contributed by atoms with Gasteiger partial charge >= 0.3 is 0 Å². The molecule has 0 saturated heterocycles. The zero-order chi connectivity index (χ0) is 19.2. The summed E-state index contributed by atoms with van der Waals surface area (Å²) in [5.41, 5.74) is 0.808. The van der Waals surface area contributed by atoms with Crippen molar-refractivity contribution in [2.45, 2.75) is 26.6 Å². The summed E-state index contributed by atoms with van der Waals surface area (Å²) < 4.78 is 22.1. The first-order chi connectivity index (χ1) is 13.8. The Kier molecular flexibility index (Phi) is 5.53. The van der Waals surface area contributed by atoms with Crippen molar-refractivity contribution in [3.63, 3.8) is 0 Å². The average molecular weight is 379 g/mol. The Morgan fingerprint density at radius 1 is 0.893 bits per heavy atom. The third kappa shape index (κ3) is 4.32. The van der Waals surface area contributed by atoms with Crippen molar-refractivity contribution in [2.24, 2.45) is 0 Å². The van der Waals surface area contributed by atoms with E-state index in [1.165, 1.54) is 0 Å². The van der Waals surface area contributed by atoms with Gasteiger partial charge in [-0.2, -0.15) is 4.98 Å². The van der Waals surface area contributed by atoms with Crippen LogP contribution in [0.5, 0.6) is 5.75 Å². The van der Waals surface area contributed by atoms with Gasteiger partial charge in [-0.15, -0.1) is 0 Å². The van der Waals surface area contributed by atoms with Crippen LogP contribution in [0.3, 0.4) is 0 Å². The molecule has 0 N–H and O–H groups in total. The van der Waals surface area contributed by atoms with Crippen molar-refractivity contribution in [3.8, 4) is 17.1 Å². The van der Waals surface area contributed by atoms with Gasteiger partial charge in [0.15, 0.2) is 0 Å². The summed E-state index contributed by atoms with van der Waals surface area (Å²) in [5.74, 6) is 3.47. The molecule has 0 aliphatic carbocycles. The van der Waals surface area contributed by atoms with Crippen molar-refractivity contribution in [1.82, 2.24) is 15.0 Å². The number of furan rings is 2. The molecule has 4 aromatic rings. The summed E-state index contributed by atoms with van der Waals surface area (Å²) in [6.45, 7) is 4.18. The lowest BCUT2D eigenvalue weighted by Crippen LogP contribution is -2.22. The lowest BCUT2D eigenvalue weighted by atomic mass is 10.2. The fourth-order valence-corrected chi connectivity index (χ4v) is 2.97. The average Bonchev–Trinajstić information content (AvgIpc) is 3.46. The van der Waals surface area contributed by atoms with E-state index in [1.54, 1.807) is 12.5 Å². The molecule has 0 radical (unpaired) electrons. The molecule has 4 rings (SSSR count). The standard InChI is InChI=1S/C21H21N3O4/c1-2-25-19-10-4-3-9-18(19)21-22-20(28-23-21)15-24(13-16-7-5-11-26-16)14-17-8-6-12-27-17/h3-12H,2,13-15H2,1H3. The largest absolute Gasteiger partial charge is 0.493 e. The molecule has 0 saturated carbocycles. The Morgan fingerprint density at radius 3 is 2.25 bits per heavy atom. The fourth-order valence-electron chi connectivity index (χ4n) is 2.97. The smallest absolute Gasteiger partial charge is 0.241 e. The summed E-state index contributed by atoms with van der Waals surface area (Å²) in [6.07, 6.45) is 3.33. The third-order valence-corrected chi connectivity index (χ3v) is 4.17. The zero-order valence-electron chi connectivity index (χ0n) is 15.6. The first kappa shape index (κ1) is 18.1. The molecule has 7 nitrogen and oxygen atoms in total. The van der Waals surface area contributed by atoms with Crippen LogP contribution in [0.4, 0.5) is 0 Å². The maximum absolute atomic E-state index is 5.67. The molecule has 1 aromatic carbocycles. The van der Waals surface area contributed by atoms with E-state index in [1.807, 2.05) is 55.5 Å². The van der Waals surface area contributed by atoms with E-state index in [4.69, 9.17) is 18.1 Å². The van der Waals surface area contributed by atoms with Crippen molar-refractivity contribution in [2.75, 3.05) is 6.61 Å². The number of rotatable bonds is 9. The first-order valence-electron chi connectivity index (χ1n) is 9.13. The molecule has 3 aromatic heterocycles. The Bertz CT molecular complexity index is 941. The molecule has 3 heterocycles. The quantitative estimate of drug-likeness (QED) is 0.423. The lowest BCUT2D eigenvalue weighted by Gasteiger charge is -2.17. The Hall–Kier alpha value is -3.32. The highest BCUT2D eigenvalue weighted by molar-refractivity contribution is 5.63. The number of benzene rings is 1. The van der Waals surface area contributed by atoms with Crippen LogP contribution in [0, 0.1) is 0 Å². The van der Waals surface area contributed by atoms with Crippen LogP contribution in [0.2, 0.25) is 0 Å². The van der Waals surface area contributed by atoms with Gasteiger partial charge in [0, 0.05) is 0 Å². The van der Waals surface area contributed by atoms with Gasteiger partial charge in [-0.05, 0) is 43.3 Å². The molecule has 0 amide bonds. The number of ether oxygens (including phenoxy) is 1. The van der Waals surface area contributed by atoms with Gasteiger partial charge in [-0.3, -0.25) is 4.90 Å². The molecule has 0 aliphatic rings. The number of hydrogen-bond acceptors (Lipinski definition) is 7. The Morgan fingerprint density at radius 2 is 1.61 bits per heavy atom. The second-order valence-electron chi connectivity index (χ2n) is 6.24. The van der Waals surface area contributed by atoms with Gasteiger partial charge in [0.25, 0.3) is 0 Å². The summed E-state index contributed by atoms with van der Waals surface area (Å²) in [7, 11) is 0. The van der Waals surface area contributed by atoms with Crippen molar-refractivity contribution >= 4 is 0 Å². The fraction of sp³-hybridized carbons (Fsp3) is 0.238. The van der Waals surface area contributed by atoms with Crippen molar-refractivity contribution in [1.29, 1.82) is 0 Å². The number of hydrogen-bond donors (Lipinski definition) is 0. The van der Waals surface area contributed by atoms with Gasteiger partial charge in [-0.25, -0.2) is 0 Å². The van der Waals surface area contributed by atoms with E-state index in [2.05, 4.69) is 15.0 Å². The second kappa shape index (κ2) is 8.58. The van der Waals surface area contributed by atoms with E-state index in [-0.39, 0.29) is 0 Å². The zero-order valence-corrected chi connectivity index (χ0v) is 15.6. The molecule has 0 unspecified atom stereocenters. The van der Waals surface area contributed by atoms with Crippen LogP contribution < -0.4 is 4.74 Å². The van der Waals surface area contributed by atoms with E-state index in [0.717, 1.165) is 22.8 Å². The molecule has 144 valence electrons. The molecule has 7 heteroatoms. The van der Waals surface area contributed by atoms with Crippen LogP contribution in [0.15, 0.2) is 74.4 Å². The van der Waals surface area contributed by atoms with Gasteiger partial charge in [0.2, 0.25) is 11.7 Å². The maximum Gasteiger partial charge on any atom is 0.241 e. The van der Waals surface area contributed by atoms with E-state index in [0.29, 0.717) is 38.0 Å². The van der Waals surface area contributed by atoms with E-state index < -0.39 is 0 Å². The monoisotopic (exact) mass is 379 g/mol. The minimum atomic E-state index is 0.463. The van der Waals surface area contributed by atoms with Gasteiger partial charge in [-0.1, -0.05) is 17.3 Å². The van der Waals surface area contributed by atoms with E-state index in [9.17, 15) is 0 Å². The van der Waals surface area contributed by atoms with Crippen molar-refractivity contribution in [3.05, 3.63) is 78.5 Å². The Balaban J connectivity index is 1.52.